The maximum Gasteiger partial charge on any atom is 0.0542 e. The lowest BCUT2D eigenvalue weighted by Crippen LogP contribution is -2.13. The van der Waals surface area contributed by atoms with Crippen LogP contribution < -0.4 is 5.32 Å². The molecular formula is C19H23N. The molecule has 104 valence electrons. The third kappa shape index (κ3) is 3.04. The fraction of sp³-hybridized carbons (Fsp3) is 0.368. The van der Waals surface area contributed by atoms with Crippen LogP contribution in [0.4, 0.5) is 5.69 Å². The van der Waals surface area contributed by atoms with Crippen molar-refractivity contribution in [1.29, 1.82) is 0 Å². The fourth-order valence-corrected chi connectivity index (χ4v) is 2.73. The van der Waals surface area contributed by atoms with Crippen LogP contribution in [-0.2, 0) is 0 Å². The minimum absolute atomic E-state index is 0.457. The topological polar surface area (TPSA) is 12.0 Å². The lowest BCUT2D eigenvalue weighted by atomic mass is 10.00. The van der Waals surface area contributed by atoms with Crippen molar-refractivity contribution in [3.05, 3.63) is 65.7 Å². The lowest BCUT2D eigenvalue weighted by molar-refractivity contribution is 0.678. The van der Waals surface area contributed by atoms with E-state index in [2.05, 4.69) is 73.8 Å². The van der Waals surface area contributed by atoms with E-state index in [0.717, 1.165) is 5.92 Å². The highest BCUT2D eigenvalue weighted by Gasteiger charge is 2.32. The second-order valence-electron chi connectivity index (χ2n) is 6.15. The molecule has 1 aliphatic carbocycles. The molecule has 0 radical (unpaired) electrons. The highest BCUT2D eigenvalue weighted by atomic mass is 14.9. The van der Waals surface area contributed by atoms with E-state index in [9.17, 15) is 0 Å². The number of benzene rings is 2. The van der Waals surface area contributed by atoms with Gasteiger partial charge in [-0.1, -0.05) is 56.3 Å². The Morgan fingerprint density at radius 3 is 2.25 bits per heavy atom. The van der Waals surface area contributed by atoms with Crippen LogP contribution in [-0.4, -0.2) is 0 Å². The summed E-state index contributed by atoms with van der Waals surface area (Å²) in [6.45, 7) is 4.49. The van der Waals surface area contributed by atoms with Crippen LogP contribution >= 0.6 is 0 Å². The number of hydrogen-bond donors (Lipinski definition) is 1. The molecule has 0 aliphatic heterocycles. The van der Waals surface area contributed by atoms with Gasteiger partial charge in [-0.15, -0.1) is 0 Å². The van der Waals surface area contributed by atoms with Gasteiger partial charge in [0.15, 0.2) is 0 Å². The molecule has 3 rings (SSSR count). The molecule has 1 heteroatoms. The second kappa shape index (κ2) is 5.70. The molecule has 1 fully saturated rings. The third-order valence-corrected chi connectivity index (χ3v) is 4.13. The Hall–Kier alpha value is -1.76. The van der Waals surface area contributed by atoms with Gasteiger partial charge in [-0.25, -0.2) is 0 Å². The summed E-state index contributed by atoms with van der Waals surface area (Å²) in [5.74, 6) is 1.37. The first kappa shape index (κ1) is 13.2. The van der Waals surface area contributed by atoms with Crippen molar-refractivity contribution in [1.82, 2.24) is 0 Å². The zero-order chi connectivity index (χ0) is 13.9. The first-order valence-corrected chi connectivity index (χ1v) is 7.65. The molecule has 0 amide bonds. The van der Waals surface area contributed by atoms with Crippen molar-refractivity contribution in [3.63, 3.8) is 0 Å². The smallest absolute Gasteiger partial charge is 0.0542 e. The third-order valence-electron chi connectivity index (χ3n) is 4.13. The monoisotopic (exact) mass is 265 g/mol. The van der Waals surface area contributed by atoms with Crippen molar-refractivity contribution < 1.29 is 0 Å². The number of rotatable bonds is 5. The van der Waals surface area contributed by atoms with Crippen LogP contribution in [0.5, 0.6) is 0 Å². The van der Waals surface area contributed by atoms with E-state index >= 15 is 0 Å². The van der Waals surface area contributed by atoms with E-state index in [1.54, 1.807) is 0 Å². The van der Waals surface area contributed by atoms with Gasteiger partial charge < -0.3 is 5.32 Å². The molecule has 2 aromatic rings. The van der Waals surface area contributed by atoms with Gasteiger partial charge in [0.2, 0.25) is 0 Å². The Morgan fingerprint density at radius 2 is 1.60 bits per heavy atom. The summed E-state index contributed by atoms with van der Waals surface area (Å²) in [4.78, 5) is 0. The minimum Gasteiger partial charge on any atom is -0.378 e. The van der Waals surface area contributed by atoms with Crippen molar-refractivity contribution in [3.8, 4) is 0 Å². The number of nitrogens with one attached hydrogen (secondary N) is 1. The van der Waals surface area contributed by atoms with Gasteiger partial charge >= 0.3 is 0 Å². The maximum absolute atomic E-state index is 3.75. The van der Waals surface area contributed by atoms with E-state index in [1.807, 2.05) is 0 Å². The first-order valence-electron chi connectivity index (χ1n) is 7.65. The SMILES string of the molecule is CC(C)c1cccc(NC(c2ccccc2)C2CC2)c1. The molecule has 0 spiro atoms. The average Bonchev–Trinajstić information content (AvgIpc) is 3.30. The summed E-state index contributed by atoms with van der Waals surface area (Å²) in [5.41, 5.74) is 4.06. The van der Waals surface area contributed by atoms with Crippen LogP contribution in [0.2, 0.25) is 0 Å². The predicted molar refractivity (Wildman–Crippen MR) is 86.1 cm³/mol. The molecule has 1 aliphatic rings. The molecule has 1 unspecified atom stereocenters. The Bertz CT molecular complexity index is 555. The number of anilines is 1. The first-order chi connectivity index (χ1) is 9.74. The average molecular weight is 265 g/mol. The molecule has 1 saturated carbocycles. The van der Waals surface area contributed by atoms with Crippen molar-refractivity contribution in [2.24, 2.45) is 5.92 Å². The van der Waals surface area contributed by atoms with Gasteiger partial charge in [-0.05, 0) is 47.9 Å². The van der Waals surface area contributed by atoms with Crippen LogP contribution in [0.1, 0.15) is 49.8 Å². The molecule has 1 N–H and O–H groups in total. The Kier molecular flexibility index (Phi) is 3.77. The molecule has 2 aromatic carbocycles. The quantitative estimate of drug-likeness (QED) is 0.766. The van der Waals surface area contributed by atoms with E-state index in [0.29, 0.717) is 12.0 Å². The summed E-state index contributed by atoms with van der Waals surface area (Å²) >= 11 is 0. The maximum atomic E-state index is 3.75. The minimum atomic E-state index is 0.457. The highest BCUT2D eigenvalue weighted by molar-refractivity contribution is 5.49. The largest absolute Gasteiger partial charge is 0.378 e. The van der Waals surface area contributed by atoms with Crippen molar-refractivity contribution >= 4 is 5.69 Å². The Morgan fingerprint density at radius 1 is 0.900 bits per heavy atom. The van der Waals surface area contributed by atoms with Gasteiger partial charge in [0.05, 0.1) is 6.04 Å². The van der Waals surface area contributed by atoms with E-state index < -0.39 is 0 Å². The summed E-state index contributed by atoms with van der Waals surface area (Å²) in [7, 11) is 0. The van der Waals surface area contributed by atoms with Crippen LogP contribution in [0.3, 0.4) is 0 Å². The summed E-state index contributed by atoms with van der Waals surface area (Å²) in [6.07, 6.45) is 2.69. The number of hydrogen-bond acceptors (Lipinski definition) is 1. The molecule has 0 heterocycles. The van der Waals surface area contributed by atoms with Gasteiger partial charge in [-0.3, -0.25) is 0 Å². The zero-order valence-electron chi connectivity index (χ0n) is 12.3. The lowest BCUT2D eigenvalue weighted by Gasteiger charge is -2.21. The molecule has 0 bridgehead atoms. The van der Waals surface area contributed by atoms with Gasteiger partial charge in [-0.2, -0.15) is 0 Å². The molecule has 1 atom stereocenters. The zero-order valence-corrected chi connectivity index (χ0v) is 12.3. The molecule has 0 aromatic heterocycles. The molecule has 20 heavy (non-hydrogen) atoms. The van der Waals surface area contributed by atoms with Gasteiger partial charge in [0.1, 0.15) is 0 Å². The van der Waals surface area contributed by atoms with E-state index in [4.69, 9.17) is 0 Å². The fourth-order valence-electron chi connectivity index (χ4n) is 2.73. The Labute approximate surface area is 122 Å². The van der Waals surface area contributed by atoms with Crippen molar-refractivity contribution in [2.45, 2.75) is 38.6 Å². The second-order valence-corrected chi connectivity index (χ2v) is 6.15. The van der Waals surface area contributed by atoms with Gasteiger partial charge in [0, 0.05) is 5.69 Å². The van der Waals surface area contributed by atoms with Gasteiger partial charge in [0.25, 0.3) is 0 Å². The predicted octanol–water partition coefficient (Wildman–Crippen LogP) is 5.37. The normalized spacial score (nSPS) is 16.1. The van der Waals surface area contributed by atoms with Crippen LogP contribution in [0.25, 0.3) is 0 Å². The van der Waals surface area contributed by atoms with E-state index in [-0.39, 0.29) is 0 Å². The molecular weight excluding hydrogens is 242 g/mol. The van der Waals surface area contributed by atoms with E-state index in [1.165, 1.54) is 29.7 Å². The van der Waals surface area contributed by atoms with Crippen LogP contribution in [0.15, 0.2) is 54.6 Å². The highest BCUT2D eigenvalue weighted by Crippen LogP contribution is 2.42. The van der Waals surface area contributed by atoms with Crippen LogP contribution in [0, 0.1) is 5.92 Å². The standard InChI is InChI=1S/C19H23N/c1-14(2)17-9-6-10-18(13-17)20-19(16-11-12-16)15-7-4-3-5-8-15/h3-10,13-14,16,19-20H,11-12H2,1-2H3. The summed E-state index contributed by atoms with van der Waals surface area (Å²) in [5, 5.41) is 3.75. The molecule has 0 saturated heterocycles. The molecule has 1 nitrogen and oxygen atoms in total. The summed E-state index contributed by atoms with van der Waals surface area (Å²) < 4.78 is 0. The Balaban J connectivity index is 1.82. The van der Waals surface area contributed by atoms with Crippen molar-refractivity contribution in [2.75, 3.05) is 5.32 Å². The summed E-state index contributed by atoms with van der Waals surface area (Å²) in [6, 6.07) is 20.1.